The molecular weight excluding hydrogens is 338 g/mol. The second-order valence-electron chi connectivity index (χ2n) is 6.86. The van der Waals surface area contributed by atoms with Gasteiger partial charge in [0, 0.05) is 23.5 Å². The number of benzene rings is 1. The standard InChI is InChI=1S/C18H23N3O3S/c1-13(15-6-5-11-19-12-15)20-17(22)14-7-9-16(10-8-14)25(23,24)21-18(2,3)4/h5-13,21H,1-4H3,(H,20,22). The van der Waals surface area contributed by atoms with Crippen LogP contribution in [0.3, 0.4) is 0 Å². The highest BCUT2D eigenvalue weighted by atomic mass is 32.2. The minimum absolute atomic E-state index is 0.124. The fraction of sp³-hybridized carbons (Fsp3) is 0.333. The molecule has 2 rings (SSSR count). The summed E-state index contributed by atoms with van der Waals surface area (Å²) in [7, 11) is -3.62. The van der Waals surface area contributed by atoms with Crippen molar-refractivity contribution in [2.75, 3.05) is 0 Å². The predicted molar refractivity (Wildman–Crippen MR) is 96.6 cm³/mol. The smallest absolute Gasteiger partial charge is 0.251 e. The fourth-order valence-electron chi connectivity index (χ4n) is 2.24. The van der Waals surface area contributed by atoms with Crippen molar-refractivity contribution in [2.45, 2.75) is 44.2 Å². The van der Waals surface area contributed by atoms with E-state index in [2.05, 4.69) is 15.0 Å². The van der Waals surface area contributed by atoms with E-state index in [1.807, 2.05) is 13.0 Å². The first kappa shape index (κ1) is 19.1. The van der Waals surface area contributed by atoms with Crippen LogP contribution in [0, 0.1) is 0 Å². The zero-order valence-electron chi connectivity index (χ0n) is 14.8. The number of sulfonamides is 1. The minimum Gasteiger partial charge on any atom is -0.345 e. The van der Waals surface area contributed by atoms with Crippen molar-refractivity contribution in [1.29, 1.82) is 0 Å². The first-order valence-corrected chi connectivity index (χ1v) is 9.42. The third kappa shape index (κ3) is 5.37. The van der Waals surface area contributed by atoms with Gasteiger partial charge in [0.05, 0.1) is 10.9 Å². The fourth-order valence-corrected chi connectivity index (χ4v) is 3.66. The Morgan fingerprint density at radius 1 is 1.12 bits per heavy atom. The SMILES string of the molecule is CC(NC(=O)c1ccc(S(=O)(=O)NC(C)(C)C)cc1)c1cccnc1. The molecule has 0 saturated heterocycles. The molecule has 1 aromatic heterocycles. The zero-order valence-corrected chi connectivity index (χ0v) is 15.6. The van der Waals surface area contributed by atoms with Crippen molar-refractivity contribution in [3.05, 3.63) is 59.9 Å². The van der Waals surface area contributed by atoms with Gasteiger partial charge in [-0.05, 0) is 63.6 Å². The van der Waals surface area contributed by atoms with Crippen LogP contribution >= 0.6 is 0 Å². The Bertz CT molecular complexity index is 826. The van der Waals surface area contributed by atoms with Crippen molar-refractivity contribution < 1.29 is 13.2 Å². The molecular formula is C18H23N3O3S. The summed E-state index contributed by atoms with van der Waals surface area (Å²) >= 11 is 0. The lowest BCUT2D eigenvalue weighted by Crippen LogP contribution is -2.40. The molecule has 6 nitrogen and oxygen atoms in total. The summed E-state index contributed by atoms with van der Waals surface area (Å²) in [4.78, 5) is 16.5. The van der Waals surface area contributed by atoms with E-state index in [4.69, 9.17) is 0 Å². The lowest BCUT2D eigenvalue weighted by atomic mass is 10.1. The Morgan fingerprint density at radius 2 is 1.76 bits per heavy atom. The van der Waals surface area contributed by atoms with E-state index in [1.165, 1.54) is 24.3 Å². The first-order chi connectivity index (χ1) is 11.6. The Kier molecular flexibility index (Phi) is 5.59. The molecule has 0 aliphatic rings. The molecule has 25 heavy (non-hydrogen) atoms. The molecule has 0 bridgehead atoms. The second kappa shape index (κ2) is 7.33. The molecule has 0 aliphatic heterocycles. The monoisotopic (exact) mass is 361 g/mol. The molecule has 0 fully saturated rings. The molecule has 0 spiro atoms. The molecule has 1 atom stereocenters. The quantitative estimate of drug-likeness (QED) is 0.857. The van der Waals surface area contributed by atoms with Gasteiger partial charge in [0.25, 0.3) is 5.91 Å². The second-order valence-corrected chi connectivity index (χ2v) is 8.54. The first-order valence-electron chi connectivity index (χ1n) is 7.93. The van der Waals surface area contributed by atoms with E-state index < -0.39 is 15.6 Å². The van der Waals surface area contributed by atoms with Crippen molar-refractivity contribution in [3.63, 3.8) is 0 Å². The molecule has 0 aliphatic carbocycles. The maximum atomic E-state index is 12.3. The Morgan fingerprint density at radius 3 is 2.28 bits per heavy atom. The van der Waals surface area contributed by atoms with E-state index in [-0.39, 0.29) is 16.8 Å². The number of hydrogen-bond donors (Lipinski definition) is 2. The molecule has 0 saturated carbocycles. The van der Waals surface area contributed by atoms with Crippen LogP contribution in [0.5, 0.6) is 0 Å². The highest BCUT2D eigenvalue weighted by molar-refractivity contribution is 7.89. The van der Waals surface area contributed by atoms with Crippen LogP contribution in [0.1, 0.15) is 49.7 Å². The van der Waals surface area contributed by atoms with Gasteiger partial charge < -0.3 is 5.32 Å². The number of hydrogen-bond acceptors (Lipinski definition) is 4. The highest BCUT2D eigenvalue weighted by Crippen LogP contribution is 2.15. The topological polar surface area (TPSA) is 88.2 Å². The molecule has 2 aromatic rings. The zero-order chi connectivity index (χ0) is 18.7. The summed E-state index contributed by atoms with van der Waals surface area (Å²) < 4.78 is 27.1. The highest BCUT2D eigenvalue weighted by Gasteiger charge is 2.22. The summed E-state index contributed by atoms with van der Waals surface area (Å²) in [5.41, 5.74) is 0.712. The molecule has 2 N–H and O–H groups in total. The van der Waals surface area contributed by atoms with Crippen molar-refractivity contribution >= 4 is 15.9 Å². The molecule has 134 valence electrons. The molecule has 7 heteroatoms. The van der Waals surface area contributed by atoms with Gasteiger partial charge in [-0.3, -0.25) is 9.78 Å². The van der Waals surface area contributed by atoms with E-state index >= 15 is 0 Å². The van der Waals surface area contributed by atoms with Crippen LogP contribution in [-0.2, 0) is 10.0 Å². The lowest BCUT2D eigenvalue weighted by molar-refractivity contribution is 0.0939. The number of carbonyl (C=O) groups is 1. The van der Waals surface area contributed by atoms with Crippen molar-refractivity contribution in [3.8, 4) is 0 Å². The summed E-state index contributed by atoms with van der Waals surface area (Å²) in [6.45, 7) is 7.17. The van der Waals surface area contributed by atoms with Crippen LogP contribution in [-0.4, -0.2) is 24.8 Å². The molecule has 1 unspecified atom stereocenters. The van der Waals surface area contributed by atoms with Crippen LogP contribution < -0.4 is 10.0 Å². The summed E-state index contributed by atoms with van der Waals surface area (Å²) in [5, 5.41) is 2.86. The van der Waals surface area contributed by atoms with Gasteiger partial charge in [0.1, 0.15) is 0 Å². The number of pyridine rings is 1. The van der Waals surface area contributed by atoms with Gasteiger partial charge in [-0.2, -0.15) is 0 Å². The number of rotatable bonds is 5. The third-order valence-corrected chi connectivity index (χ3v) is 5.17. The summed E-state index contributed by atoms with van der Waals surface area (Å²) in [6, 6.07) is 9.35. The largest absolute Gasteiger partial charge is 0.345 e. The summed E-state index contributed by atoms with van der Waals surface area (Å²) in [5.74, 6) is -0.274. The van der Waals surface area contributed by atoms with Crippen LogP contribution in [0.4, 0.5) is 0 Å². The van der Waals surface area contributed by atoms with E-state index in [9.17, 15) is 13.2 Å². The predicted octanol–water partition coefficient (Wildman–Crippen LogP) is 2.65. The van der Waals surface area contributed by atoms with E-state index in [0.717, 1.165) is 5.56 Å². The molecule has 1 heterocycles. The number of aromatic nitrogens is 1. The number of nitrogens with zero attached hydrogens (tertiary/aromatic N) is 1. The van der Waals surface area contributed by atoms with Crippen LogP contribution in [0.2, 0.25) is 0 Å². The average Bonchev–Trinajstić information content (AvgIpc) is 2.53. The van der Waals surface area contributed by atoms with Crippen LogP contribution in [0.15, 0.2) is 53.7 Å². The lowest BCUT2D eigenvalue weighted by Gasteiger charge is -2.20. The normalized spacial score (nSPS) is 13.3. The molecule has 1 aromatic carbocycles. The van der Waals surface area contributed by atoms with Crippen LogP contribution in [0.25, 0.3) is 0 Å². The average molecular weight is 361 g/mol. The maximum Gasteiger partial charge on any atom is 0.251 e. The Balaban J connectivity index is 2.10. The minimum atomic E-state index is -3.62. The Hall–Kier alpha value is -2.25. The third-order valence-electron chi connectivity index (χ3n) is 3.40. The van der Waals surface area contributed by atoms with Gasteiger partial charge >= 0.3 is 0 Å². The van der Waals surface area contributed by atoms with Gasteiger partial charge in [0.2, 0.25) is 10.0 Å². The van der Waals surface area contributed by atoms with Gasteiger partial charge in [-0.1, -0.05) is 6.07 Å². The number of amides is 1. The number of nitrogens with one attached hydrogen (secondary N) is 2. The molecule has 1 amide bonds. The van der Waals surface area contributed by atoms with Crippen molar-refractivity contribution in [1.82, 2.24) is 15.0 Å². The maximum absolute atomic E-state index is 12.3. The van der Waals surface area contributed by atoms with Gasteiger partial charge in [-0.25, -0.2) is 13.1 Å². The van der Waals surface area contributed by atoms with Crippen molar-refractivity contribution in [2.24, 2.45) is 0 Å². The van der Waals surface area contributed by atoms with E-state index in [1.54, 1.807) is 39.2 Å². The Labute approximate surface area is 148 Å². The van der Waals surface area contributed by atoms with E-state index in [0.29, 0.717) is 5.56 Å². The molecule has 0 radical (unpaired) electrons. The van der Waals surface area contributed by atoms with Gasteiger partial charge in [-0.15, -0.1) is 0 Å². The summed E-state index contributed by atoms with van der Waals surface area (Å²) in [6.07, 6.45) is 3.36. The van der Waals surface area contributed by atoms with Gasteiger partial charge in [0.15, 0.2) is 0 Å². The number of carbonyl (C=O) groups excluding carboxylic acids is 1.